The maximum absolute atomic E-state index is 12.5. The highest BCUT2D eigenvalue weighted by atomic mass is 35.5. The van der Waals surface area contributed by atoms with Crippen molar-refractivity contribution in [2.24, 2.45) is 4.99 Å². The predicted molar refractivity (Wildman–Crippen MR) is 147 cm³/mol. The summed E-state index contributed by atoms with van der Waals surface area (Å²) in [7, 11) is 0. The van der Waals surface area contributed by atoms with E-state index in [1.165, 1.54) is 47.9 Å². The number of aliphatic imine (C=N–C) groups is 1. The number of unbranched alkanes of at least 4 members (excludes halogenated alkanes) is 1. The van der Waals surface area contributed by atoms with Crippen molar-refractivity contribution < 1.29 is 4.79 Å². The number of thioether (sulfide) groups is 2. The van der Waals surface area contributed by atoms with Gasteiger partial charge in [0.25, 0.3) is 0 Å². The van der Waals surface area contributed by atoms with Crippen molar-refractivity contribution in [2.75, 3.05) is 11.1 Å². The Morgan fingerprint density at radius 3 is 3.00 bits per heavy atom. The standard InChI is InChI=1S/C25H24Cl2N6OS2/c1-2-3-7-17-14-5-4-6-15(14)20-21-22(36-24(20)30-17)23-31-32-25(33(23)12-28-21)35-11-19(34)29-18-9-8-13(26)10-16(18)27/h8-10,12,20,24H,2-7,11H2,1H3,(H,29,34)/t20-,24+/m0/s1. The molecule has 0 spiro atoms. The summed E-state index contributed by atoms with van der Waals surface area (Å²) in [4.78, 5) is 23.7. The molecule has 3 aliphatic rings. The zero-order valence-corrected chi connectivity index (χ0v) is 22.8. The Balaban J connectivity index is 1.22. The van der Waals surface area contributed by atoms with Crippen LogP contribution in [0.15, 0.2) is 50.7 Å². The number of carbonyl (C=O) groups is 1. The van der Waals surface area contributed by atoms with Crippen LogP contribution in [0.25, 0.3) is 5.65 Å². The largest absolute Gasteiger partial charge is 0.324 e. The number of allylic oxidation sites excluding steroid dienone is 1. The summed E-state index contributed by atoms with van der Waals surface area (Å²) < 4.78 is 1.88. The Kier molecular flexibility index (Phi) is 6.75. The maximum atomic E-state index is 12.5. The van der Waals surface area contributed by atoms with Gasteiger partial charge in [-0.3, -0.25) is 14.2 Å². The minimum absolute atomic E-state index is 0.130. The highest BCUT2D eigenvalue weighted by Gasteiger charge is 2.44. The average molecular weight is 560 g/mol. The quantitative estimate of drug-likeness (QED) is 0.321. The Morgan fingerprint density at radius 2 is 2.17 bits per heavy atom. The van der Waals surface area contributed by atoms with Crippen LogP contribution in [-0.2, 0) is 4.79 Å². The fourth-order valence-corrected chi connectivity index (χ4v) is 7.72. The summed E-state index contributed by atoms with van der Waals surface area (Å²) in [5.41, 5.74) is 6.72. The predicted octanol–water partition coefficient (Wildman–Crippen LogP) is 6.80. The Morgan fingerprint density at radius 1 is 1.28 bits per heavy atom. The van der Waals surface area contributed by atoms with Crippen molar-refractivity contribution in [1.82, 2.24) is 19.6 Å². The number of benzene rings is 1. The van der Waals surface area contributed by atoms with Crippen LogP contribution in [0.2, 0.25) is 10.0 Å². The summed E-state index contributed by atoms with van der Waals surface area (Å²) >= 11 is 15.2. The van der Waals surface area contributed by atoms with E-state index in [1.54, 1.807) is 36.3 Å². The summed E-state index contributed by atoms with van der Waals surface area (Å²) in [5, 5.41) is 13.3. The number of nitrogens with zero attached hydrogens (tertiary/aromatic N) is 5. The van der Waals surface area contributed by atoms with Gasteiger partial charge < -0.3 is 5.32 Å². The summed E-state index contributed by atoms with van der Waals surface area (Å²) in [6.45, 7) is 2.23. The third-order valence-corrected chi connectivity index (χ3v) is 9.54. The Hall–Kier alpha value is -2.07. The van der Waals surface area contributed by atoms with Crippen LogP contribution in [0.1, 0.15) is 57.1 Å². The monoisotopic (exact) mass is 558 g/mol. The van der Waals surface area contributed by atoms with Gasteiger partial charge >= 0.3 is 0 Å². The van der Waals surface area contributed by atoms with E-state index in [1.807, 2.05) is 4.40 Å². The molecule has 2 atom stereocenters. The molecule has 11 heteroatoms. The van der Waals surface area contributed by atoms with Gasteiger partial charge in [0.05, 0.1) is 33.0 Å². The molecule has 0 fully saturated rings. The molecular weight excluding hydrogens is 535 g/mol. The molecule has 36 heavy (non-hydrogen) atoms. The van der Waals surface area contributed by atoms with Gasteiger partial charge in [-0.25, -0.2) is 4.98 Å². The van der Waals surface area contributed by atoms with Crippen LogP contribution in [0.4, 0.5) is 5.69 Å². The van der Waals surface area contributed by atoms with Crippen molar-refractivity contribution in [3.05, 3.63) is 51.4 Å². The van der Waals surface area contributed by atoms with Crippen molar-refractivity contribution in [1.29, 1.82) is 0 Å². The van der Waals surface area contributed by atoms with E-state index in [9.17, 15) is 4.79 Å². The number of fused-ring (bicyclic) bond motifs is 6. The highest BCUT2D eigenvalue weighted by molar-refractivity contribution is 8.00. The van der Waals surface area contributed by atoms with Gasteiger partial charge in [0.2, 0.25) is 5.91 Å². The molecule has 0 unspecified atom stereocenters. The number of anilines is 1. The Bertz CT molecular complexity index is 1440. The molecule has 0 saturated heterocycles. The summed E-state index contributed by atoms with van der Waals surface area (Å²) in [5.74, 6) is 0.210. The minimum Gasteiger partial charge on any atom is -0.324 e. The molecule has 0 radical (unpaired) electrons. The lowest BCUT2D eigenvalue weighted by Gasteiger charge is -2.26. The molecule has 186 valence electrons. The first-order valence-electron chi connectivity index (χ1n) is 12.1. The first kappa shape index (κ1) is 24.3. The minimum atomic E-state index is -0.190. The summed E-state index contributed by atoms with van der Waals surface area (Å²) in [6, 6.07) is 4.97. The molecule has 1 aromatic carbocycles. The normalized spacial score (nSPS) is 20.4. The fraction of sp³-hybridized carbons (Fsp3) is 0.400. The smallest absolute Gasteiger partial charge is 0.234 e. The van der Waals surface area contributed by atoms with Crippen molar-refractivity contribution >= 4 is 69.7 Å². The van der Waals surface area contributed by atoms with E-state index in [-0.39, 0.29) is 23.0 Å². The maximum Gasteiger partial charge on any atom is 0.234 e. The van der Waals surface area contributed by atoms with Crippen LogP contribution in [0, 0.1) is 0 Å². The summed E-state index contributed by atoms with van der Waals surface area (Å²) in [6.07, 6.45) is 8.68. The molecule has 1 N–H and O–H groups in total. The molecule has 3 aromatic rings. The second-order valence-corrected chi connectivity index (χ2v) is 12.0. The molecule has 2 aliphatic heterocycles. The molecule has 1 aliphatic carbocycles. The second-order valence-electron chi connectivity index (χ2n) is 9.12. The molecule has 1 amide bonds. The zero-order chi connectivity index (χ0) is 24.8. The van der Waals surface area contributed by atoms with Gasteiger partial charge in [0, 0.05) is 10.7 Å². The molecular formula is C25H24Cl2N6OS2. The van der Waals surface area contributed by atoms with Gasteiger partial charge in [0.15, 0.2) is 10.8 Å². The number of dihydropyridines is 1. The number of hydrogen-bond donors (Lipinski definition) is 1. The van der Waals surface area contributed by atoms with E-state index >= 15 is 0 Å². The first-order valence-corrected chi connectivity index (χ1v) is 14.7. The molecule has 2 aromatic heterocycles. The number of amides is 1. The number of halogens is 2. The van der Waals surface area contributed by atoms with Crippen LogP contribution >= 0.6 is 46.7 Å². The Labute approximate surface area is 227 Å². The third-order valence-electron chi connectivity index (χ3n) is 6.80. The van der Waals surface area contributed by atoms with Crippen molar-refractivity contribution in [3.63, 3.8) is 0 Å². The van der Waals surface area contributed by atoms with E-state index in [4.69, 9.17) is 33.2 Å². The van der Waals surface area contributed by atoms with E-state index in [0.717, 1.165) is 35.5 Å². The lowest BCUT2D eigenvalue weighted by atomic mass is 9.87. The number of rotatable bonds is 7. The van der Waals surface area contributed by atoms with Gasteiger partial charge in [-0.2, -0.15) is 0 Å². The molecule has 6 rings (SSSR count). The van der Waals surface area contributed by atoms with Gasteiger partial charge in [-0.15, -0.1) is 10.2 Å². The van der Waals surface area contributed by atoms with Crippen LogP contribution in [-0.4, -0.2) is 42.3 Å². The molecule has 0 saturated carbocycles. The SMILES string of the molecule is CCCCC1=N[C@@H]2Sc3c(ncn4c(SCC(=O)Nc5ccc(Cl)cc5Cl)nnc34)[C@@H]2C2=C1CCC2. The second kappa shape index (κ2) is 10.0. The van der Waals surface area contributed by atoms with E-state index in [0.29, 0.717) is 20.9 Å². The molecule has 7 nitrogen and oxygen atoms in total. The fourth-order valence-electron chi connectivity index (χ4n) is 5.16. The van der Waals surface area contributed by atoms with Crippen molar-refractivity contribution in [2.45, 2.75) is 66.8 Å². The van der Waals surface area contributed by atoms with E-state index in [2.05, 4.69) is 22.4 Å². The zero-order valence-electron chi connectivity index (χ0n) is 19.6. The molecule has 0 bridgehead atoms. The first-order chi connectivity index (χ1) is 17.5. The third kappa shape index (κ3) is 4.34. The van der Waals surface area contributed by atoms with E-state index < -0.39 is 0 Å². The van der Waals surface area contributed by atoms with Crippen LogP contribution in [0.5, 0.6) is 0 Å². The van der Waals surface area contributed by atoms with Crippen LogP contribution < -0.4 is 5.32 Å². The number of nitrogens with one attached hydrogen (secondary N) is 1. The number of aromatic nitrogens is 4. The van der Waals surface area contributed by atoms with Gasteiger partial charge in [-0.05, 0) is 55.9 Å². The van der Waals surface area contributed by atoms with Crippen molar-refractivity contribution in [3.8, 4) is 0 Å². The van der Waals surface area contributed by atoms with Gasteiger partial charge in [0.1, 0.15) is 11.7 Å². The average Bonchev–Trinajstić information content (AvgIpc) is 3.59. The lowest BCUT2D eigenvalue weighted by Crippen LogP contribution is -2.21. The van der Waals surface area contributed by atoms with Gasteiger partial charge in [-0.1, -0.05) is 65.6 Å². The molecule has 4 heterocycles. The highest BCUT2D eigenvalue weighted by Crippen LogP contribution is 2.55. The number of carbonyl (C=O) groups excluding carboxylic acids is 1. The van der Waals surface area contributed by atoms with Crippen LogP contribution in [0.3, 0.4) is 0 Å². The number of hydrogen-bond acceptors (Lipinski definition) is 7. The topological polar surface area (TPSA) is 84.5 Å². The lowest BCUT2D eigenvalue weighted by molar-refractivity contribution is -0.113.